The van der Waals surface area contributed by atoms with Crippen molar-refractivity contribution in [2.75, 3.05) is 0 Å². The molecule has 0 saturated carbocycles. The highest BCUT2D eigenvalue weighted by Gasteiger charge is 0.0000112. The van der Waals surface area contributed by atoms with Crippen LogP contribution < -0.4 is 0 Å². The van der Waals surface area contributed by atoms with Crippen LogP contribution in [0.15, 0.2) is 0 Å². The van der Waals surface area contributed by atoms with Crippen molar-refractivity contribution in [2.45, 2.75) is 0 Å². The topological polar surface area (TPSA) is 0 Å². The average molecular weight is 70.8 g/mol. The molecule has 4 heteroatoms. The van der Waals surface area contributed by atoms with Crippen molar-refractivity contribution >= 4 is 8.41 Å². The predicted octanol–water partition coefficient (Wildman–Crippen LogP) is 0.0767. The maximum Gasteiger partial charge on any atom is 0 e. The van der Waals surface area contributed by atoms with Crippen molar-refractivity contribution < 1.29 is 14.1 Å². The fourth-order valence-corrected chi connectivity index (χ4v) is 0. The molecule has 3 radical (unpaired) electrons. The Morgan fingerprint density at radius 2 is 0.500 bits per heavy atom. The quantitative estimate of drug-likeness (QED) is 0.354. The van der Waals surface area contributed by atoms with E-state index in [2.05, 4.69) is 0 Å². The molecule has 0 aromatic rings. The highest BCUT2D eigenvalue weighted by molar-refractivity contribution is 5.75. The van der Waals surface area contributed by atoms with Crippen LogP contribution in [0.5, 0.6) is 0 Å². The summed E-state index contributed by atoms with van der Waals surface area (Å²) in [5.74, 6) is 0. The van der Waals surface area contributed by atoms with Crippen LogP contribution in [0, 0.1) is 0 Å². The molecule has 0 N–H and O–H groups in total. The molecule has 4 heavy (non-hydrogen) atoms. The number of halogens is 3. The van der Waals surface area contributed by atoms with E-state index in [1.165, 1.54) is 0 Å². The minimum Gasteiger partial charge on any atom is -0.269 e. The molecule has 0 fully saturated rings. The summed E-state index contributed by atoms with van der Waals surface area (Å²) in [5.41, 5.74) is 0. The normalized spacial score (nSPS) is 0. The Morgan fingerprint density at radius 3 is 0.500 bits per heavy atom. The van der Waals surface area contributed by atoms with Crippen LogP contribution in [0.4, 0.5) is 14.1 Å². The molecule has 0 rings (SSSR count). The van der Waals surface area contributed by atoms with Crippen molar-refractivity contribution in [1.82, 2.24) is 0 Å². The predicted molar refractivity (Wildman–Crippen MR) is 13.3 cm³/mol. The van der Waals surface area contributed by atoms with E-state index in [1.807, 2.05) is 0 Å². The van der Waals surface area contributed by atoms with Gasteiger partial charge in [0.2, 0.25) is 0 Å². The molecule has 0 bridgehead atoms. The summed E-state index contributed by atoms with van der Waals surface area (Å²) in [4.78, 5) is 0. The summed E-state index contributed by atoms with van der Waals surface area (Å²) in [7, 11) is 0. The number of hydrogen-bond acceptors (Lipinski definition) is 0. The molecular formula is H3BF3. The van der Waals surface area contributed by atoms with Gasteiger partial charge in [-0.25, -0.2) is 0 Å². The fourth-order valence-electron chi connectivity index (χ4n) is 0. The van der Waals surface area contributed by atoms with E-state index in [4.69, 9.17) is 0 Å². The average Bonchev–Trinajstić information content (AvgIpc) is 0. The van der Waals surface area contributed by atoms with Crippen molar-refractivity contribution in [2.24, 2.45) is 0 Å². The minimum atomic E-state index is 0. The molecule has 0 unspecified atom stereocenters. The van der Waals surface area contributed by atoms with E-state index in [1.54, 1.807) is 0 Å². The molecule has 0 aromatic heterocycles. The highest BCUT2D eigenvalue weighted by Crippen LogP contribution is 0.422. The van der Waals surface area contributed by atoms with Crippen molar-refractivity contribution in [3.05, 3.63) is 0 Å². The summed E-state index contributed by atoms with van der Waals surface area (Å²) < 4.78 is 0. The van der Waals surface area contributed by atoms with Crippen molar-refractivity contribution in [1.29, 1.82) is 0 Å². The maximum atomic E-state index is 0. The third-order valence-corrected chi connectivity index (χ3v) is 0. The Morgan fingerprint density at radius 1 is 0.500 bits per heavy atom. The van der Waals surface area contributed by atoms with Crippen LogP contribution in [0.2, 0.25) is 0 Å². The number of rotatable bonds is 0. The summed E-state index contributed by atoms with van der Waals surface area (Å²) in [6.07, 6.45) is 0. The molecule has 0 atom stereocenters. The Labute approximate surface area is 23.9 Å². The van der Waals surface area contributed by atoms with Gasteiger partial charge in [0.25, 0.3) is 0 Å². The first-order valence-corrected chi connectivity index (χ1v) is 0. The van der Waals surface area contributed by atoms with Crippen LogP contribution in [0.1, 0.15) is 0 Å². The Balaban J connectivity index is 0. The summed E-state index contributed by atoms with van der Waals surface area (Å²) in [6.45, 7) is 0. The van der Waals surface area contributed by atoms with Crippen LogP contribution in [-0.2, 0) is 0 Å². The molecule has 0 spiro atoms. The van der Waals surface area contributed by atoms with Gasteiger partial charge in [0.05, 0.1) is 0 Å². The second kappa shape index (κ2) is 467. The van der Waals surface area contributed by atoms with Crippen molar-refractivity contribution in [3.8, 4) is 0 Å². The lowest BCUT2D eigenvalue weighted by Gasteiger charge is -0.270. The summed E-state index contributed by atoms with van der Waals surface area (Å²) >= 11 is 0. The van der Waals surface area contributed by atoms with Crippen LogP contribution >= 0.6 is 0 Å². The van der Waals surface area contributed by atoms with Crippen LogP contribution in [0.3, 0.4) is 0 Å². The zero-order valence-corrected chi connectivity index (χ0v) is 1.80. The molecule has 0 aliphatic heterocycles. The Hall–Kier alpha value is -0.145. The lowest BCUT2D eigenvalue weighted by atomic mass is 10.8. The molecule has 0 saturated heterocycles. The van der Waals surface area contributed by atoms with E-state index in [0.717, 1.165) is 0 Å². The van der Waals surface area contributed by atoms with Gasteiger partial charge in [-0.1, -0.05) is 0 Å². The SMILES string of the molecule is F.F.F.[B]. The zero-order chi connectivity index (χ0) is 0. The first-order chi connectivity index (χ1) is 0. The van der Waals surface area contributed by atoms with Gasteiger partial charge in [0.15, 0.2) is 0 Å². The van der Waals surface area contributed by atoms with E-state index >= 15 is 0 Å². The molecule has 0 aromatic carbocycles. The van der Waals surface area contributed by atoms with E-state index in [0.29, 0.717) is 0 Å². The lowest BCUT2D eigenvalue weighted by molar-refractivity contribution is 1.11. The third-order valence-electron chi connectivity index (χ3n) is 0. The zero-order valence-electron chi connectivity index (χ0n) is 1.80. The first kappa shape index (κ1) is 1490. The minimum absolute atomic E-state index is 0. The molecule has 0 aliphatic carbocycles. The molecule has 0 heterocycles. The third kappa shape index (κ3) is 64.4. The second-order valence-electron chi connectivity index (χ2n) is 0. The fraction of sp³-hybridized carbons (Fsp3) is 0. The van der Waals surface area contributed by atoms with E-state index in [-0.39, 0.29) is 22.5 Å². The summed E-state index contributed by atoms with van der Waals surface area (Å²) in [6, 6.07) is 0. The van der Waals surface area contributed by atoms with E-state index in [9.17, 15) is 0 Å². The molecule has 0 amide bonds. The Bertz CT molecular complexity index is 3.25. The largest absolute Gasteiger partial charge is 0.269 e. The van der Waals surface area contributed by atoms with Gasteiger partial charge in [-0.2, -0.15) is 0 Å². The maximum absolute atomic E-state index is 0. The van der Waals surface area contributed by atoms with Gasteiger partial charge >= 0.3 is 0 Å². The van der Waals surface area contributed by atoms with Gasteiger partial charge in [-0.3, -0.25) is 14.1 Å². The summed E-state index contributed by atoms with van der Waals surface area (Å²) in [5, 5.41) is 0. The lowest BCUT2D eigenvalue weighted by Crippen LogP contribution is -0.381. The van der Waals surface area contributed by atoms with E-state index < -0.39 is 0 Å². The van der Waals surface area contributed by atoms with Crippen molar-refractivity contribution in [3.63, 3.8) is 0 Å². The molecule has 0 nitrogen and oxygen atoms in total. The molecule has 27 valence electrons. The van der Waals surface area contributed by atoms with Crippen LogP contribution in [0.25, 0.3) is 0 Å². The number of hydrogen-bond donors (Lipinski definition) is 0. The molecule has 0 aliphatic rings. The monoisotopic (exact) mass is 71.0 g/mol. The Kier molecular flexibility index (Phi) is 174000. The smallest absolute Gasteiger partial charge is 0 e. The van der Waals surface area contributed by atoms with Crippen LogP contribution in [-0.4, -0.2) is 8.41 Å². The van der Waals surface area contributed by atoms with Gasteiger partial charge in [-0.05, 0) is 0 Å². The highest BCUT2D eigenvalue weighted by atomic mass is 19.0. The second-order valence-corrected chi connectivity index (χ2v) is 0. The molecular weight excluding hydrogens is 67.8 g/mol. The van der Waals surface area contributed by atoms with Gasteiger partial charge in [-0.15, -0.1) is 0 Å². The first-order valence-electron chi connectivity index (χ1n) is 0. The van der Waals surface area contributed by atoms with Gasteiger partial charge in [0.1, 0.15) is 0 Å². The standard InChI is InChI=1S/B.3FH/h;3*1H. The van der Waals surface area contributed by atoms with Gasteiger partial charge in [0, 0.05) is 8.41 Å². The van der Waals surface area contributed by atoms with Gasteiger partial charge < -0.3 is 0 Å².